The van der Waals surface area contributed by atoms with Crippen molar-refractivity contribution >= 4 is 27.8 Å². The molecule has 0 saturated carbocycles. The zero-order chi connectivity index (χ0) is 18.9. The fraction of sp³-hybridized carbons (Fsp3) is 0.526. The summed E-state index contributed by atoms with van der Waals surface area (Å²) in [6, 6.07) is 6.25. The second-order valence-electron chi connectivity index (χ2n) is 6.05. The maximum Gasteiger partial charge on any atom is 0.408 e. The molecule has 0 aliphatic rings. The molecule has 1 heterocycles. The van der Waals surface area contributed by atoms with Crippen LogP contribution in [0.25, 0.3) is 0 Å². The van der Waals surface area contributed by atoms with E-state index in [0.717, 1.165) is 41.7 Å². The first kappa shape index (κ1) is 20.5. The molecule has 0 aliphatic heterocycles. The van der Waals surface area contributed by atoms with E-state index < -0.39 is 0 Å². The van der Waals surface area contributed by atoms with Gasteiger partial charge in [-0.25, -0.2) is 4.57 Å². The van der Waals surface area contributed by atoms with Gasteiger partial charge in [-0.05, 0) is 61.0 Å². The van der Waals surface area contributed by atoms with Crippen molar-refractivity contribution in [2.24, 2.45) is 10.2 Å². The monoisotopic (exact) mass is 377 g/mol. The summed E-state index contributed by atoms with van der Waals surface area (Å²) in [7, 11) is 3.44. The van der Waals surface area contributed by atoms with Gasteiger partial charge in [0.25, 0.3) is 0 Å². The molecule has 142 valence electrons. The molecule has 0 radical (unpaired) electrons. The molecular weight excluding hydrogens is 348 g/mol. The lowest BCUT2D eigenvalue weighted by Gasteiger charge is -2.24. The number of nitrogens with zero attached hydrogens (tertiary/aromatic N) is 4. The third kappa shape index (κ3) is 5.59. The largest absolute Gasteiger partial charge is 0.408 e. The van der Waals surface area contributed by atoms with Crippen molar-refractivity contribution in [2.45, 2.75) is 27.3 Å². The third-order valence-electron chi connectivity index (χ3n) is 4.10. The maximum atomic E-state index is 5.22. The van der Waals surface area contributed by atoms with Crippen LogP contribution in [0, 0.1) is 13.8 Å². The Hall–Kier alpha value is -1.83. The normalized spacial score (nSPS) is 11.4. The zero-order valence-corrected chi connectivity index (χ0v) is 17.2. The van der Waals surface area contributed by atoms with Crippen molar-refractivity contribution in [3.05, 3.63) is 34.8 Å². The summed E-state index contributed by atoms with van der Waals surface area (Å²) in [6.07, 6.45) is 2.11. The Balaban J connectivity index is 2.17. The first-order valence-electron chi connectivity index (χ1n) is 8.84. The van der Waals surface area contributed by atoms with Gasteiger partial charge in [-0.2, -0.15) is 0 Å². The van der Waals surface area contributed by atoms with Crippen LogP contribution in [-0.4, -0.2) is 40.5 Å². The Morgan fingerprint density at radius 2 is 1.77 bits per heavy atom. The van der Waals surface area contributed by atoms with Crippen LogP contribution in [0.5, 0.6) is 0 Å². The molecule has 6 nitrogen and oxygen atoms in total. The molecule has 0 N–H and O–H groups in total. The van der Waals surface area contributed by atoms with Gasteiger partial charge < -0.3 is 14.4 Å². The van der Waals surface area contributed by atoms with Crippen molar-refractivity contribution < 1.29 is 14.0 Å². The molecule has 2 aromatic rings. The van der Waals surface area contributed by atoms with Gasteiger partial charge in [0.1, 0.15) is 11.9 Å². The van der Waals surface area contributed by atoms with E-state index in [9.17, 15) is 0 Å². The van der Waals surface area contributed by atoms with Crippen LogP contribution in [-0.2, 0) is 16.0 Å². The van der Waals surface area contributed by atoms with Crippen LogP contribution < -0.4 is 9.47 Å². The number of aromatic nitrogens is 1. The summed E-state index contributed by atoms with van der Waals surface area (Å²) in [5, 5.41) is 9.85. The molecule has 1 aromatic carbocycles. The number of ether oxygens (including phenoxy) is 2. The van der Waals surface area contributed by atoms with Crippen LogP contribution in [0.15, 0.2) is 34.6 Å². The van der Waals surface area contributed by atoms with Crippen molar-refractivity contribution in [1.82, 2.24) is 0 Å². The molecule has 0 atom stereocenters. The minimum atomic E-state index is 0.680. The predicted octanol–water partition coefficient (Wildman–Crippen LogP) is 4.19. The van der Waals surface area contributed by atoms with E-state index in [0.29, 0.717) is 13.2 Å². The highest BCUT2D eigenvalue weighted by atomic mass is 32.1. The van der Waals surface area contributed by atoms with Gasteiger partial charge >= 0.3 is 5.13 Å². The summed E-state index contributed by atoms with van der Waals surface area (Å²) in [6.45, 7) is 10.2. The summed E-state index contributed by atoms with van der Waals surface area (Å²) < 4.78 is 12.6. The van der Waals surface area contributed by atoms with E-state index in [2.05, 4.69) is 58.8 Å². The minimum absolute atomic E-state index is 0.680. The Bertz CT molecular complexity index is 722. The number of methoxy groups -OCH3 is 2. The molecule has 0 amide bonds. The molecule has 1 aromatic heterocycles. The zero-order valence-electron chi connectivity index (χ0n) is 16.4. The van der Waals surface area contributed by atoms with Crippen molar-refractivity contribution in [3.8, 4) is 0 Å². The molecule has 0 aliphatic carbocycles. The Morgan fingerprint density at radius 1 is 1.08 bits per heavy atom. The van der Waals surface area contributed by atoms with E-state index in [-0.39, 0.29) is 0 Å². The lowest BCUT2D eigenvalue weighted by atomic mass is 10.1. The van der Waals surface area contributed by atoms with Gasteiger partial charge in [-0.3, -0.25) is 0 Å². The number of benzene rings is 1. The van der Waals surface area contributed by atoms with Crippen molar-refractivity contribution in [2.75, 3.05) is 45.4 Å². The molecule has 26 heavy (non-hydrogen) atoms. The maximum absolute atomic E-state index is 5.22. The average Bonchev–Trinajstić information content (AvgIpc) is 3.00. The summed E-state index contributed by atoms with van der Waals surface area (Å²) in [5.41, 5.74) is 3.13. The van der Waals surface area contributed by atoms with Gasteiger partial charge in [0, 0.05) is 37.9 Å². The molecule has 0 unspecified atom stereocenters. The molecule has 0 bridgehead atoms. The number of hydrogen-bond donors (Lipinski definition) is 0. The first-order valence-corrected chi connectivity index (χ1v) is 9.65. The topological polar surface area (TPSA) is 50.3 Å². The number of hydrogen-bond acceptors (Lipinski definition) is 6. The van der Waals surface area contributed by atoms with E-state index in [4.69, 9.17) is 9.47 Å². The highest BCUT2D eigenvalue weighted by Crippen LogP contribution is 2.27. The van der Waals surface area contributed by atoms with Crippen LogP contribution in [0.4, 0.5) is 16.5 Å². The molecule has 0 saturated heterocycles. The highest BCUT2D eigenvalue weighted by molar-refractivity contribution is 7.14. The van der Waals surface area contributed by atoms with Crippen molar-refractivity contribution in [1.29, 1.82) is 0 Å². The number of azo groups is 1. The third-order valence-corrected chi connectivity index (χ3v) is 5.02. The van der Waals surface area contributed by atoms with Crippen molar-refractivity contribution in [3.63, 3.8) is 0 Å². The van der Waals surface area contributed by atoms with E-state index >= 15 is 0 Å². The van der Waals surface area contributed by atoms with E-state index in [1.165, 1.54) is 4.88 Å². The van der Waals surface area contributed by atoms with E-state index in [1.807, 2.05) is 6.07 Å². The number of aryl methyl sites for hydroxylation is 3. The van der Waals surface area contributed by atoms with Crippen LogP contribution >= 0.6 is 11.3 Å². The Labute approximate surface area is 160 Å². The fourth-order valence-electron chi connectivity index (χ4n) is 2.63. The molecule has 7 heteroatoms. The number of anilines is 1. The summed E-state index contributed by atoms with van der Waals surface area (Å²) in [4.78, 5) is 3.49. The number of rotatable bonds is 10. The van der Waals surface area contributed by atoms with Gasteiger partial charge in [-0.1, -0.05) is 0 Å². The van der Waals surface area contributed by atoms with Crippen LogP contribution in [0.2, 0.25) is 0 Å². The van der Waals surface area contributed by atoms with Gasteiger partial charge in [-0.15, -0.1) is 0 Å². The Kier molecular flexibility index (Phi) is 8.15. The minimum Gasteiger partial charge on any atom is -0.383 e. The smallest absolute Gasteiger partial charge is 0.383 e. The first-order chi connectivity index (χ1) is 12.6. The van der Waals surface area contributed by atoms with Crippen LogP contribution in [0.1, 0.15) is 17.4 Å². The highest BCUT2D eigenvalue weighted by Gasteiger charge is 2.14. The van der Waals surface area contributed by atoms with Crippen LogP contribution in [0.3, 0.4) is 0 Å². The summed E-state index contributed by atoms with van der Waals surface area (Å²) in [5.74, 6) is 0. The molecule has 0 fully saturated rings. The SMILES string of the molecule is CC[n+]1cc(C)sc1N=Nc1ccc(N(CCOC)CCOC)cc1C. The average molecular weight is 378 g/mol. The lowest BCUT2D eigenvalue weighted by molar-refractivity contribution is -0.677. The summed E-state index contributed by atoms with van der Waals surface area (Å²) >= 11 is 1.66. The quantitative estimate of drug-likeness (QED) is 0.461. The van der Waals surface area contributed by atoms with Gasteiger partial charge in [0.15, 0.2) is 0 Å². The standard InChI is InChI=1S/C19H29N4O2S/c1-6-22-14-16(3)26-19(22)21-20-18-8-7-17(13-15(18)2)23(9-11-24-4)10-12-25-5/h7-8,13-14H,6,9-12H2,1-5H3/q+1. The number of thiazole rings is 1. The predicted molar refractivity (Wildman–Crippen MR) is 106 cm³/mol. The molecule has 2 rings (SSSR count). The molecular formula is C19H29N4O2S+. The second kappa shape index (κ2) is 10.4. The van der Waals surface area contributed by atoms with E-state index in [1.54, 1.807) is 25.6 Å². The lowest BCUT2D eigenvalue weighted by Crippen LogP contribution is -2.30. The van der Waals surface area contributed by atoms with Gasteiger partial charge in [0.05, 0.1) is 24.9 Å². The Morgan fingerprint density at radius 3 is 2.35 bits per heavy atom. The van der Waals surface area contributed by atoms with Gasteiger partial charge in [0.2, 0.25) is 0 Å². The fourth-order valence-corrected chi connectivity index (χ4v) is 3.47. The molecule has 0 spiro atoms. The second-order valence-corrected chi connectivity index (χ2v) is 7.27.